The third-order valence-electron chi connectivity index (χ3n) is 4.97. The van der Waals surface area contributed by atoms with Gasteiger partial charge in [-0.1, -0.05) is 20.3 Å². The van der Waals surface area contributed by atoms with Crippen LogP contribution in [0.25, 0.3) is 0 Å². The fraction of sp³-hybridized carbons (Fsp3) is 0.765. The van der Waals surface area contributed by atoms with Gasteiger partial charge in [0.1, 0.15) is 0 Å². The van der Waals surface area contributed by atoms with E-state index in [0.717, 1.165) is 32.4 Å². The second-order valence-corrected chi connectivity index (χ2v) is 7.45. The highest BCUT2D eigenvalue weighted by molar-refractivity contribution is 7.11. The number of rotatable bonds is 6. The van der Waals surface area contributed by atoms with Crippen molar-refractivity contribution in [2.45, 2.75) is 70.9 Å². The van der Waals surface area contributed by atoms with Crippen LogP contribution in [-0.2, 0) is 12.8 Å². The molecule has 2 nitrogen and oxygen atoms in total. The summed E-state index contributed by atoms with van der Waals surface area (Å²) in [6.45, 7) is 8.94. The average Bonchev–Trinajstić information content (AvgIpc) is 2.94. The van der Waals surface area contributed by atoms with Gasteiger partial charge in [-0.2, -0.15) is 0 Å². The molecule has 1 fully saturated rings. The molecule has 114 valence electrons. The van der Waals surface area contributed by atoms with Gasteiger partial charge in [-0.15, -0.1) is 11.3 Å². The van der Waals surface area contributed by atoms with E-state index in [4.69, 9.17) is 0 Å². The molecule has 1 aliphatic heterocycles. The van der Waals surface area contributed by atoms with Gasteiger partial charge in [0.2, 0.25) is 0 Å². The van der Waals surface area contributed by atoms with E-state index < -0.39 is 0 Å². The number of aliphatic hydroxyl groups excluding tert-OH is 1. The molecule has 0 radical (unpaired) electrons. The Balaban J connectivity index is 2.04. The highest BCUT2D eigenvalue weighted by Crippen LogP contribution is 2.30. The summed E-state index contributed by atoms with van der Waals surface area (Å²) >= 11 is 1.86. The maximum Gasteiger partial charge on any atom is 0.0769 e. The zero-order valence-corrected chi connectivity index (χ0v) is 14.0. The molecule has 0 amide bonds. The minimum atomic E-state index is -0.269. The molecular weight excluding hydrogens is 266 g/mol. The van der Waals surface area contributed by atoms with Crippen molar-refractivity contribution >= 4 is 11.3 Å². The third kappa shape index (κ3) is 3.44. The van der Waals surface area contributed by atoms with Crippen LogP contribution in [0.2, 0.25) is 0 Å². The first kappa shape index (κ1) is 16.0. The minimum absolute atomic E-state index is 0.0726. The molecular formula is C17H29NOS. The first-order chi connectivity index (χ1) is 9.60. The lowest BCUT2D eigenvalue weighted by molar-refractivity contribution is -0.0325. The molecule has 20 heavy (non-hydrogen) atoms. The molecule has 2 heterocycles. The molecule has 1 N–H and O–H groups in total. The Morgan fingerprint density at radius 3 is 2.40 bits per heavy atom. The number of aryl methyl sites for hydroxylation is 1. The maximum atomic E-state index is 10.8. The lowest BCUT2D eigenvalue weighted by Gasteiger charge is -2.46. The van der Waals surface area contributed by atoms with Gasteiger partial charge in [0.05, 0.1) is 6.10 Å². The lowest BCUT2D eigenvalue weighted by Crippen LogP contribution is -2.56. The Morgan fingerprint density at radius 2 is 1.85 bits per heavy atom. The average molecular weight is 295 g/mol. The smallest absolute Gasteiger partial charge is 0.0769 e. The maximum absolute atomic E-state index is 10.8. The Labute approximate surface area is 127 Å². The number of piperidine rings is 1. The van der Waals surface area contributed by atoms with Gasteiger partial charge in [0.25, 0.3) is 0 Å². The number of nitrogens with zero attached hydrogens (tertiary/aromatic N) is 1. The van der Waals surface area contributed by atoms with Gasteiger partial charge in [-0.25, -0.2) is 0 Å². The van der Waals surface area contributed by atoms with E-state index in [1.165, 1.54) is 29.0 Å². The monoisotopic (exact) mass is 295 g/mol. The van der Waals surface area contributed by atoms with Crippen LogP contribution in [0.5, 0.6) is 0 Å². The van der Waals surface area contributed by atoms with Crippen LogP contribution in [0, 0.1) is 0 Å². The first-order valence-electron chi connectivity index (χ1n) is 8.10. The standard InChI is InChI=1S/C17H29NOS/c1-4-14-9-10-15(20-14)13-16(19)17(3,5-2)18-11-7-6-8-12-18/h9-10,16,19H,4-8,11-13H2,1-3H3. The zero-order chi connectivity index (χ0) is 14.6. The molecule has 2 atom stereocenters. The van der Waals surface area contributed by atoms with Crippen LogP contribution >= 0.6 is 11.3 Å². The van der Waals surface area contributed by atoms with Crippen LogP contribution in [0.4, 0.5) is 0 Å². The number of likely N-dealkylation sites (tertiary alicyclic amines) is 1. The van der Waals surface area contributed by atoms with Crippen LogP contribution in [-0.4, -0.2) is 34.7 Å². The predicted octanol–water partition coefficient (Wildman–Crippen LogP) is 3.87. The number of hydrogen-bond acceptors (Lipinski definition) is 3. The highest BCUT2D eigenvalue weighted by Gasteiger charge is 2.37. The Hall–Kier alpha value is -0.380. The number of thiophene rings is 1. The van der Waals surface area contributed by atoms with Crippen molar-refractivity contribution in [2.75, 3.05) is 13.1 Å². The van der Waals surface area contributed by atoms with Gasteiger partial charge in [-0.3, -0.25) is 4.90 Å². The van der Waals surface area contributed by atoms with E-state index in [1.54, 1.807) is 0 Å². The highest BCUT2D eigenvalue weighted by atomic mass is 32.1. The van der Waals surface area contributed by atoms with E-state index >= 15 is 0 Å². The summed E-state index contributed by atoms with van der Waals surface area (Å²) in [4.78, 5) is 5.27. The molecule has 2 unspecified atom stereocenters. The summed E-state index contributed by atoms with van der Waals surface area (Å²) in [6, 6.07) is 4.40. The largest absolute Gasteiger partial charge is 0.391 e. The first-order valence-corrected chi connectivity index (χ1v) is 8.92. The molecule has 0 aromatic carbocycles. The molecule has 0 bridgehead atoms. The summed E-state index contributed by atoms with van der Waals surface area (Å²) in [6.07, 6.45) is 6.54. The summed E-state index contributed by atoms with van der Waals surface area (Å²) in [7, 11) is 0. The minimum Gasteiger partial charge on any atom is -0.391 e. The fourth-order valence-electron chi connectivity index (χ4n) is 3.21. The van der Waals surface area contributed by atoms with E-state index in [9.17, 15) is 5.11 Å². The van der Waals surface area contributed by atoms with Gasteiger partial charge >= 0.3 is 0 Å². The molecule has 1 saturated heterocycles. The topological polar surface area (TPSA) is 23.5 Å². The molecule has 0 aliphatic carbocycles. The quantitative estimate of drug-likeness (QED) is 0.861. The van der Waals surface area contributed by atoms with E-state index in [-0.39, 0.29) is 11.6 Å². The summed E-state index contributed by atoms with van der Waals surface area (Å²) in [5, 5.41) is 10.8. The molecule has 2 rings (SSSR count). The SMILES string of the molecule is CCc1ccc(CC(O)C(C)(CC)N2CCCCC2)s1. The number of aliphatic hydroxyl groups is 1. The number of hydrogen-bond donors (Lipinski definition) is 1. The molecule has 1 aromatic rings. The third-order valence-corrected chi connectivity index (χ3v) is 6.22. The van der Waals surface area contributed by atoms with Crippen molar-refractivity contribution < 1.29 is 5.11 Å². The molecule has 0 spiro atoms. The Morgan fingerprint density at radius 1 is 1.20 bits per heavy atom. The molecule has 1 aliphatic rings. The van der Waals surface area contributed by atoms with Crippen molar-refractivity contribution in [3.05, 3.63) is 21.9 Å². The summed E-state index contributed by atoms with van der Waals surface area (Å²) in [5.74, 6) is 0. The lowest BCUT2D eigenvalue weighted by atomic mass is 9.85. The van der Waals surface area contributed by atoms with Crippen molar-refractivity contribution in [2.24, 2.45) is 0 Å². The van der Waals surface area contributed by atoms with Crippen LogP contribution in [0.3, 0.4) is 0 Å². The van der Waals surface area contributed by atoms with Crippen molar-refractivity contribution in [1.29, 1.82) is 0 Å². The molecule has 3 heteroatoms. The summed E-state index contributed by atoms with van der Waals surface area (Å²) < 4.78 is 0. The van der Waals surface area contributed by atoms with Gasteiger partial charge in [0.15, 0.2) is 0 Å². The second-order valence-electron chi connectivity index (χ2n) is 6.20. The van der Waals surface area contributed by atoms with Crippen LogP contribution < -0.4 is 0 Å². The van der Waals surface area contributed by atoms with E-state index in [2.05, 4.69) is 37.8 Å². The van der Waals surface area contributed by atoms with Gasteiger partial charge in [0, 0.05) is 21.7 Å². The Bertz CT molecular complexity index is 411. The molecule has 0 saturated carbocycles. The van der Waals surface area contributed by atoms with Crippen LogP contribution in [0.15, 0.2) is 12.1 Å². The second kappa shape index (κ2) is 7.06. The van der Waals surface area contributed by atoms with E-state index in [0.29, 0.717) is 0 Å². The normalized spacial score (nSPS) is 21.6. The Kier molecular flexibility index (Phi) is 5.65. The van der Waals surface area contributed by atoms with Crippen LogP contribution in [0.1, 0.15) is 56.2 Å². The van der Waals surface area contributed by atoms with Crippen molar-refractivity contribution in [3.63, 3.8) is 0 Å². The fourth-order valence-corrected chi connectivity index (χ4v) is 4.20. The van der Waals surface area contributed by atoms with Gasteiger partial charge in [-0.05, 0) is 57.8 Å². The van der Waals surface area contributed by atoms with Crippen molar-refractivity contribution in [1.82, 2.24) is 4.90 Å². The summed E-state index contributed by atoms with van der Waals surface area (Å²) in [5.41, 5.74) is -0.0726. The van der Waals surface area contributed by atoms with Crippen molar-refractivity contribution in [3.8, 4) is 0 Å². The molecule has 1 aromatic heterocycles. The zero-order valence-electron chi connectivity index (χ0n) is 13.2. The predicted molar refractivity (Wildman–Crippen MR) is 87.5 cm³/mol. The van der Waals surface area contributed by atoms with E-state index in [1.807, 2.05) is 11.3 Å². The van der Waals surface area contributed by atoms with Gasteiger partial charge < -0.3 is 5.11 Å².